The quantitative estimate of drug-likeness (QED) is 0.835. The molecule has 1 saturated heterocycles. The van der Waals surface area contributed by atoms with E-state index in [0.717, 1.165) is 11.1 Å². The molecule has 1 fully saturated rings. The SMILES string of the molecule is C[C@@H]1C[C@H](C(F)(F)F)n2nc([C@H]3CCCN3C(=O)C[C@H](C)n3cccn3)cc2N1. The fraction of sp³-hybridized carbons (Fsp3) is 0.632. The number of hydrogen-bond donors (Lipinski definition) is 1. The highest BCUT2D eigenvalue weighted by molar-refractivity contribution is 5.77. The maximum Gasteiger partial charge on any atom is 0.410 e. The number of nitrogens with one attached hydrogen (secondary N) is 1. The molecule has 0 radical (unpaired) electrons. The molecule has 2 aromatic rings. The van der Waals surface area contributed by atoms with Gasteiger partial charge >= 0.3 is 6.18 Å². The average molecular weight is 410 g/mol. The molecule has 4 heterocycles. The molecule has 2 aliphatic heterocycles. The van der Waals surface area contributed by atoms with Gasteiger partial charge in [0.15, 0.2) is 6.04 Å². The minimum Gasteiger partial charge on any atom is -0.368 e. The summed E-state index contributed by atoms with van der Waals surface area (Å²) in [5.41, 5.74) is 0.522. The van der Waals surface area contributed by atoms with Crippen molar-refractivity contribution in [2.45, 2.75) is 69.9 Å². The Labute approximate surface area is 166 Å². The van der Waals surface area contributed by atoms with Gasteiger partial charge in [-0.25, -0.2) is 4.68 Å². The van der Waals surface area contributed by atoms with Gasteiger partial charge in [0.25, 0.3) is 0 Å². The van der Waals surface area contributed by atoms with E-state index in [4.69, 9.17) is 0 Å². The zero-order valence-electron chi connectivity index (χ0n) is 16.4. The minimum absolute atomic E-state index is 0.0322. The van der Waals surface area contributed by atoms with Crippen LogP contribution in [-0.4, -0.2) is 49.1 Å². The van der Waals surface area contributed by atoms with Gasteiger partial charge in [0.2, 0.25) is 5.91 Å². The summed E-state index contributed by atoms with van der Waals surface area (Å²) in [6.45, 7) is 4.24. The zero-order chi connectivity index (χ0) is 20.8. The first-order valence-electron chi connectivity index (χ1n) is 9.95. The van der Waals surface area contributed by atoms with E-state index in [1.807, 2.05) is 13.1 Å². The van der Waals surface area contributed by atoms with Crippen LogP contribution in [0.3, 0.4) is 0 Å². The highest BCUT2D eigenvalue weighted by atomic mass is 19.4. The van der Waals surface area contributed by atoms with E-state index < -0.39 is 12.2 Å². The van der Waals surface area contributed by atoms with Crippen molar-refractivity contribution in [3.05, 3.63) is 30.2 Å². The summed E-state index contributed by atoms with van der Waals surface area (Å²) in [5, 5.41) is 11.6. The van der Waals surface area contributed by atoms with E-state index in [2.05, 4.69) is 15.5 Å². The molecule has 29 heavy (non-hydrogen) atoms. The molecule has 2 aliphatic rings. The van der Waals surface area contributed by atoms with Crippen LogP contribution in [0.15, 0.2) is 24.5 Å². The second-order valence-electron chi connectivity index (χ2n) is 8.02. The van der Waals surface area contributed by atoms with Crippen LogP contribution in [0.2, 0.25) is 0 Å². The number of aromatic nitrogens is 4. The summed E-state index contributed by atoms with van der Waals surface area (Å²) in [6.07, 6.45) is 0.844. The van der Waals surface area contributed by atoms with Gasteiger partial charge in [0, 0.05) is 37.5 Å². The molecule has 0 aliphatic carbocycles. The maximum absolute atomic E-state index is 13.5. The highest BCUT2D eigenvalue weighted by Crippen LogP contribution is 2.41. The van der Waals surface area contributed by atoms with E-state index in [9.17, 15) is 18.0 Å². The number of anilines is 1. The Morgan fingerprint density at radius 2 is 2.21 bits per heavy atom. The first-order chi connectivity index (χ1) is 13.7. The van der Waals surface area contributed by atoms with E-state index in [0.29, 0.717) is 24.5 Å². The number of alkyl halides is 3. The standard InChI is InChI=1S/C19H25F3N6O/c1-12-9-16(19(20,21)22)28-17(24-12)11-14(25-28)15-5-3-7-26(15)18(29)10-13(2)27-8-4-6-23-27/h4,6,8,11-13,15-16,24H,3,5,7,9-10H2,1-2H3/t12-,13+,15-,16-/m1/s1. The van der Waals surface area contributed by atoms with Crippen molar-refractivity contribution in [3.8, 4) is 0 Å². The van der Waals surface area contributed by atoms with E-state index in [-0.39, 0.29) is 36.9 Å². The number of nitrogens with zero attached hydrogens (tertiary/aromatic N) is 5. The van der Waals surface area contributed by atoms with Crippen molar-refractivity contribution < 1.29 is 18.0 Å². The number of likely N-dealkylation sites (tertiary alicyclic amines) is 1. The molecule has 2 aromatic heterocycles. The van der Waals surface area contributed by atoms with Crippen LogP contribution in [0.4, 0.5) is 19.0 Å². The number of carbonyl (C=O) groups excluding carboxylic acids is 1. The van der Waals surface area contributed by atoms with E-state index in [1.165, 1.54) is 0 Å². The van der Waals surface area contributed by atoms with Gasteiger partial charge in [-0.3, -0.25) is 9.48 Å². The van der Waals surface area contributed by atoms with Crippen LogP contribution in [0, 0.1) is 0 Å². The van der Waals surface area contributed by atoms with Gasteiger partial charge in [-0.05, 0) is 39.2 Å². The predicted molar refractivity (Wildman–Crippen MR) is 100 cm³/mol. The van der Waals surface area contributed by atoms with Crippen molar-refractivity contribution in [3.63, 3.8) is 0 Å². The van der Waals surface area contributed by atoms with Crippen molar-refractivity contribution in [1.82, 2.24) is 24.5 Å². The smallest absolute Gasteiger partial charge is 0.368 e. The molecule has 1 amide bonds. The van der Waals surface area contributed by atoms with E-state index >= 15 is 0 Å². The lowest BCUT2D eigenvalue weighted by Gasteiger charge is -2.31. The normalized spacial score (nSPS) is 25.6. The molecule has 1 N–H and O–H groups in total. The molecule has 0 spiro atoms. The Bertz CT molecular complexity index is 862. The topological polar surface area (TPSA) is 68.0 Å². The van der Waals surface area contributed by atoms with Crippen LogP contribution in [0.25, 0.3) is 0 Å². The van der Waals surface area contributed by atoms with Crippen LogP contribution < -0.4 is 5.32 Å². The van der Waals surface area contributed by atoms with Crippen molar-refractivity contribution >= 4 is 11.7 Å². The van der Waals surface area contributed by atoms with E-state index in [1.54, 1.807) is 34.8 Å². The van der Waals surface area contributed by atoms with Crippen LogP contribution >= 0.6 is 0 Å². The minimum atomic E-state index is -4.36. The molecule has 0 saturated carbocycles. The summed E-state index contributed by atoms with van der Waals surface area (Å²) < 4.78 is 43.3. The molecule has 158 valence electrons. The van der Waals surface area contributed by atoms with Crippen molar-refractivity contribution in [2.24, 2.45) is 0 Å². The molecule has 0 unspecified atom stereocenters. The number of amides is 1. The number of carbonyl (C=O) groups is 1. The summed E-state index contributed by atoms with van der Waals surface area (Å²) in [6, 6.07) is 1.15. The van der Waals surface area contributed by atoms with Crippen molar-refractivity contribution in [1.29, 1.82) is 0 Å². The Morgan fingerprint density at radius 3 is 2.90 bits per heavy atom. The first-order valence-corrected chi connectivity index (χ1v) is 9.95. The lowest BCUT2D eigenvalue weighted by Crippen LogP contribution is -2.38. The number of fused-ring (bicyclic) bond motifs is 1. The fourth-order valence-corrected chi connectivity index (χ4v) is 4.32. The first kappa shape index (κ1) is 19.8. The van der Waals surface area contributed by atoms with Gasteiger partial charge in [0.1, 0.15) is 5.82 Å². The van der Waals surface area contributed by atoms with Gasteiger partial charge < -0.3 is 10.2 Å². The van der Waals surface area contributed by atoms with Crippen LogP contribution in [-0.2, 0) is 4.79 Å². The number of hydrogen-bond acceptors (Lipinski definition) is 4. The third kappa shape index (κ3) is 3.84. The average Bonchev–Trinajstić information content (AvgIpc) is 3.38. The largest absolute Gasteiger partial charge is 0.410 e. The molecule has 0 bridgehead atoms. The van der Waals surface area contributed by atoms with Crippen molar-refractivity contribution in [2.75, 3.05) is 11.9 Å². The third-order valence-corrected chi connectivity index (χ3v) is 5.76. The summed E-state index contributed by atoms with van der Waals surface area (Å²) >= 11 is 0. The van der Waals surface area contributed by atoms with Gasteiger partial charge in [-0.2, -0.15) is 23.4 Å². The number of rotatable bonds is 4. The summed E-state index contributed by atoms with van der Waals surface area (Å²) in [4.78, 5) is 14.7. The molecular weight excluding hydrogens is 385 g/mol. The van der Waals surface area contributed by atoms with Gasteiger partial charge in [0.05, 0.1) is 17.8 Å². The predicted octanol–water partition coefficient (Wildman–Crippen LogP) is 3.70. The molecule has 4 rings (SSSR count). The Balaban J connectivity index is 1.54. The fourth-order valence-electron chi connectivity index (χ4n) is 4.32. The van der Waals surface area contributed by atoms with Crippen LogP contribution in [0.5, 0.6) is 0 Å². The second-order valence-corrected chi connectivity index (χ2v) is 8.02. The molecular formula is C19H25F3N6O. The molecule has 10 heteroatoms. The lowest BCUT2D eigenvalue weighted by atomic mass is 10.1. The lowest BCUT2D eigenvalue weighted by molar-refractivity contribution is -0.173. The van der Waals surface area contributed by atoms with Gasteiger partial charge in [-0.15, -0.1) is 0 Å². The number of halogens is 3. The summed E-state index contributed by atoms with van der Waals surface area (Å²) in [5.74, 6) is 0.334. The molecule has 7 nitrogen and oxygen atoms in total. The highest BCUT2D eigenvalue weighted by Gasteiger charge is 2.46. The Hall–Kier alpha value is -2.52. The van der Waals surface area contributed by atoms with Gasteiger partial charge in [-0.1, -0.05) is 0 Å². The maximum atomic E-state index is 13.5. The van der Waals surface area contributed by atoms with Crippen LogP contribution in [0.1, 0.15) is 63.4 Å². The molecule has 0 aromatic carbocycles. The third-order valence-electron chi connectivity index (χ3n) is 5.76. The Kier molecular flexibility index (Phi) is 5.04. The molecule has 4 atom stereocenters. The second kappa shape index (κ2) is 7.38. The Morgan fingerprint density at radius 1 is 1.41 bits per heavy atom. The zero-order valence-corrected chi connectivity index (χ0v) is 16.4. The summed E-state index contributed by atoms with van der Waals surface area (Å²) in [7, 11) is 0. The monoisotopic (exact) mass is 410 g/mol.